The van der Waals surface area contributed by atoms with Gasteiger partial charge in [0.05, 0.1) is 6.61 Å². The molecular weight excluding hydrogens is 168 g/mol. The lowest BCUT2D eigenvalue weighted by Crippen LogP contribution is -2.14. The van der Waals surface area contributed by atoms with Crippen LogP contribution in [0.15, 0.2) is 0 Å². The highest BCUT2D eigenvalue weighted by atomic mass is 32.2. The molecule has 5 radical (unpaired) electrons. The van der Waals surface area contributed by atoms with E-state index in [1.807, 2.05) is 12.8 Å². The molecule has 1 rings (SSSR count). The Morgan fingerprint density at radius 2 is 2.00 bits per heavy atom. The molecule has 1 N–H and O–H groups in total. The predicted octanol–water partition coefficient (Wildman–Crippen LogP) is 2.24. The quantitative estimate of drug-likeness (QED) is 0.708. The molecule has 2 heteroatoms. The van der Waals surface area contributed by atoms with E-state index in [2.05, 4.69) is 27.2 Å². The molecule has 1 nitrogen and oxygen atoms in total. The zero-order chi connectivity index (χ0) is 9.19. The Morgan fingerprint density at radius 1 is 1.33 bits per heavy atom. The number of aliphatic hydroxyl groups is 1. The van der Waals surface area contributed by atoms with Crippen LogP contribution in [0.5, 0.6) is 0 Å². The summed E-state index contributed by atoms with van der Waals surface area (Å²) in [5.41, 5.74) is 0. The monoisotopic (exact) mass is 183 g/mol. The van der Waals surface area contributed by atoms with E-state index in [0.29, 0.717) is 0 Å². The molecule has 67 valence electrons. The summed E-state index contributed by atoms with van der Waals surface area (Å²) in [6.07, 6.45) is 6.01. The summed E-state index contributed by atoms with van der Waals surface area (Å²) in [4.78, 5) is 0. The minimum absolute atomic E-state index is 0.144. The van der Waals surface area contributed by atoms with Crippen LogP contribution in [0.1, 0.15) is 20.8 Å². The third-order valence-corrected chi connectivity index (χ3v) is 2.68. The molecule has 0 unspecified atom stereocenters. The summed E-state index contributed by atoms with van der Waals surface area (Å²) in [5, 5.41) is 10.2. The van der Waals surface area contributed by atoms with Gasteiger partial charge in [0.1, 0.15) is 0 Å². The Labute approximate surface area is 79.9 Å². The van der Waals surface area contributed by atoms with E-state index in [0.717, 1.165) is 5.92 Å². The van der Waals surface area contributed by atoms with Crippen molar-refractivity contribution in [2.45, 2.75) is 25.5 Å². The van der Waals surface area contributed by atoms with Gasteiger partial charge in [0.2, 0.25) is 0 Å². The molecule has 0 spiro atoms. The van der Waals surface area contributed by atoms with E-state index in [1.54, 1.807) is 11.8 Å². The van der Waals surface area contributed by atoms with Crippen molar-refractivity contribution < 1.29 is 5.11 Å². The lowest BCUT2D eigenvalue weighted by Gasteiger charge is -2.24. The fourth-order valence-corrected chi connectivity index (χ4v) is 2.07. The van der Waals surface area contributed by atoms with Gasteiger partial charge in [-0.05, 0) is 19.3 Å². The molecule has 0 atom stereocenters. The number of thioether (sulfide) groups is 1. The zero-order valence-electron chi connectivity index (χ0n) is 7.79. The first-order valence-corrected chi connectivity index (χ1v) is 4.89. The van der Waals surface area contributed by atoms with Gasteiger partial charge in [-0.1, -0.05) is 20.8 Å². The molecule has 0 aromatic carbocycles. The Bertz CT molecular complexity index is 139. The van der Waals surface area contributed by atoms with E-state index >= 15 is 0 Å². The number of hydrogen-bond donors (Lipinski definition) is 1. The van der Waals surface area contributed by atoms with Crippen molar-refractivity contribution in [3.05, 3.63) is 30.4 Å². The first-order valence-electron chi connectivity index (χ1n) is 4.07. The Morgan fingerprint density at radius 3 is 2.50 bits per heavy atom. The second-order valence-corrected chi connectivity index (χ2v) is 5.66. The molecule has 0 aromatic rings. The second kappa shape index (κ2) is 4.01. The topological polar surface area (TPSA) is 20.2 Å². The Balaban J connectivity index is 2.41. The van der Waals surface area contributed by atoms with E-state index in [4.69, 9.17) is 5.11 Å². The van der Waals surface area contributed by atoms with Gasteiger partial charge in [0, 0.05) is 15.9 Å². The van der Waals surface area contributed by atoms with E-state index in [1.165, 1.54) is 5.25 Å². The first-order chi connectivity index (χ1) is 5.53. The highest BCUT2D eigenvalue weighted by Crippen LogP contribution is 2.46. The van der Waals surface area contributed by atoms with E-state index in [9.17, 15) is 0 Å². The van der Waals surface area contributed by atoms with E-state index in [-0.39, 0.29) is 11.4 Å². The van der Waals surface area contributed by atoms with Crippen molar-refractivity contribution >= 4 is 11.8 Å². The highest BCUT2D eigenvalue weighted by Gasteiger charge is 2.32. The van der Waals surface area contributed by atoms with Gasteiger partial charge in [-0.15, -0.1) is 11.8 Å². The SMILES string of the molecule is CC(C)(C)S[C]1[CH][CH][CH][C]1CO. The smallest absolute Gasteiger partial charge is 0.0511 e. The average molecular weight is 183 g/mol. The number of rotatable bonds is 2. The molecule has 1 aliphatic rings. The van der Waals surface area contributed by atoms with Gasteiger partial charge in [0.15, 0.2) is 0 Å². The average Bonchev–Trinajstić information content (AvgIpc) is 2.31. The minimum atomic E-state index is 0.144. The van der Waals surface area contributed by atoms with Gasteiger partial charge in [-0.25, -0.2) is 0 Å². The van der Waals surface area contributed by atoms with Crippen LogP contribution in [0.3, 0.4) is 0 Å². The van der Waals surface area contributed by atoms with Crippen LogP contribution in [0.2, 0.25) is 0 Å². The van der Waals surface area contributed by atoms with Crippen molar-refractivity contribution in [2.24, 2.45) is 0 Å². The maximum atomic E-state index is 8.99. The first kappa shape index (κ1) is 10.4. The largest absolute Gasteiger partial charge is 0.396 e. The third-order valence-electron chi connectivity index (χ3n) is 1.45. The minimum Gasteiger partial charge on any atom is -0.396 e. The van der Waals surface area contributed by atoms with Crippen molar-refractivity contribution in [1.82, 2.24) is 0 Å². The number of aliphatic hydroxyl groups excluding tert-OH is 1. The molecule has 0 amide bonds. The van der Waals surface area contributed by atoms with Crippen molar-refractivity contribution in [3.8, 4) is 0 Å². The summed E-state index contributed by atoms with van der Waals surface area (Å²) in [7, 11) is 0. The predicted molar refractivity (Wildman–Crippen MR) is 53.8 cm³/mol. The molecule has 0 saturated heterocycles. The summed E-state index contributed by atoms with van der Waals surface area (Å²) in [6, 6.07) is 0. The van der Waals surface area contributed by atoms with Crippen LogP contribution in [0.25, 0.3) is 0 Å². The van der Waals surface area contributed by atoms with Crippen molar-refractivity contribution in [3.63, 3.8) is 0 Å². The van der Waals surface area contributed by atoms with Crippen LogP contribution in [-0.2, 0) is 0 Å². The van der Waals surface area contributed by atoms with Crippen LogP contribution in [0, 0.1) is 30.4 Å². The van der Waals surface area contributed by atoms with Gasteiger partial charge < -0.3 is 5.11 Å². The molecule has 1 saturated carbocycles. The van der Waals surface area contributed by atoms with Gasteiger partial charge >= 0.3 is 0 Å². The molecule has 0 heterocycles. The number of hydrogen-bond acceptors (Lipinski definition) is 2. The molecular formula is C10H15OS. The summed E-state index contributed by atoms with van der Waals surface area (Å²) >= 11 is 1.80. The standard InChI is InChI=1S/C10H15OS/c1-10(2,3)12-9-6-4-5-8(9)7-11/h4-6,11H,7H2,1-3H3. The van der Waals surface area contributed by atoms with Gasteiger partial charge in [0.25, 0.3) is 0 Å². The third kappa shape index (κ3) is 2.98. The Kier molecular flexibility index (Phi) is 3.47. The van der Waals surface area contributed by atoms with E-state index < -0.39 is 0 Å². The normalized spacial score (nSPS) is 22.0. The van der Waals surface area contributed by atoms with Crippen LogP contribution in [0.4, 0.5) is 0 Å². The molecule has 1 aliphatic carbocycles. The van der Waals surface area contributed by atoms with Crippen LogP contribution in [-0.4, -0.2) is 16.5 Å². The van der Waals surface area contributed by atoms with Crippen molar-refractivity contribution in [1.29, 1.82) is 0 Å². The van der Waals surface area contributed by atoms with Crippen molar-refractivity contribution in [2.75, 3.05) is 6.61 Å². The summed E-state index contributed by atoms with van der Waals surface area (Å²) < 4.78 is 0.221. The maximum absolute atomic E-state index is 8.99. The molecule has 0 aromatic heterocycles. The highest BCUT2D eigenvalue weighted by molar-refractivity contribution is 8.03. The fourth-order valence-electron chi connectivity index (χ4n) is 1.00. The van der Waals surface area contributed by atoms with Gasteiger partial charge in [-0.2, -0.15) is 0 Å². The van der Waals surface area contributed by atoms with Crippen LogP contribution < -0.4 is 0 Å². The molecule has 0 bridgehead atoms. The lowest BCUT2D eigenvalue weighted by atomic mass is 10.1. The summed E-state index contributed by atoms with van der Waals surface area (Å²) in [5.74, 6) is 1.04. The molecule has 12 heavy (non-hydrogen) atoms. The lowest BCUT2D eigenvalue weighted by molar-refractivity contribution is 0.317. The molecule has 0 aliphatic heterocycles. The maximum Gasteiger partial charge on any atom is 0.0511 e. The fraction of sp³-hybridized carbons (Fsp3) is 0.500. The second-order valence-electron chi connectivity index (χ2n) is 3.79. The zero-order valence-corrected chi connectivity index (χ0v) is 8.61. The van der Waals surface area contributed by atoms with Crippen LogP contribution >= 0.6 is 11.8 Å². The summed E-state index contributed by atoms with van der Waals surface area (Å²) in [6.45, 7) is 6.66. The molecule has 1 fully saturated rings. The Hall–Kier alpha value is 0.310. The van der Waals surface area contributed by atoms with Gasteiger partial charge in [-0.3, -0.25) is 0 Å².